The standard InChI is InChI=1S/C17H18N2O5/c1-10-8-18(7-6-11(10)17(23)24)14(20)9-19-15(21)12-4-2-3-5-13(12)16(19)22/h2-5,10-11H,6-9H2,1H3,(H,23,24). The maximum Gasteiger partial charge on any atom is 0.306 e. The van der Waals surface area contributed by atoms with Crippen LogP contribution in [-0.4, -0.2) is 58.2 Å². The van der Waals surface area contributed by atoms with Crippen LogP contribution >= 0.6 is 0 Å². The van der Waals surface area contributed by atoms with E-state index in [-0.39, 0.29) is 18.4 Å². The Morgan fingerprint density at radius 2 is 1.75 bits per heavy atom. The highest BCUT2D eigenvalue weighted by atomic mass is 16.4. The molecule has 1 N–H and O–H groups in total. The lowest BCUT2D eigenvalue weighted by Crippen LogP contribution is -2.49. The zero-order valence-electron chi connectivity index (χ0n) is 13.3. The van der Waals surface area contributed by atoms with Gasteiger partial charge in [-0.25, -0.2) is 0 Å². The van der Waals surface area contributed by atoms with Crippen molar-refractivity contribution in [2.45, 2.75) is 13.3 Å². The van der Waals surface area contributed by atoms with Gasteiger partial charge in [0.1, 0.15) is 6.54 Å². The quantitative estimate of drug-likeness (QED) is 0.829. The SMILES string of the molecule is CC1CN(C(=O)CN2C(=O)c3ccccc3C2=O)CCC1C(=O)O. The molecule has 1 saturated heterocycles. The summed E-state index contributed by atoms with van der Waals surface area (Å²) in [6, 6.07) is 6.49. The number of amides is 3. The average molecular weight is 330 g/mol. The molecule has 0 radical (unpaired) electrons. The van der Waals surface area contributed by atoms with Gasteiger partial charge in [0.05, 0.1) is 17.0 Å². The second-order valence-corrected chi connectivity index (χ2v) is 6.29. The molecule has 7 nitrogen and oxygen atoms in total. The smallest absolute Gasteiger partial charge is 0.306 e. The van der Waals surface area contributed by atoms with Crippen molar-refractivity contribution in [2.75, 3.05) is 19.6 Å². The van der Waals surface area contributed by atoms with E-state index >= 15 is 0 Å². The number of likely N-dealkylation sites (tertiary alicyclic amines) is 1. The Labute approximate surface area is 138 Å². The second kappa shape index (κ2) is 6.07. The number of nitrogens with zero attached hydrogens (tertiary/aromatic N) is 2. The van der Waals surface area contributed by atoms with E-state index in [0.717, 1.165) is 4.90 Å². The summed E-state index contributed by atoms with van der Waals surface area (Å²) in [5.74, 6) is -2.74. The van der Waals surface area contributed by atoms with Crippen LogP contribution in [0.5, 0.6) is 0 Å². The fourth-order valence-corrected chi connectivity index (χ4v) is 3.36. The lowest BCUT2D eigenvalue weighted by Gasteiger charge is -2.35. The molecule has 0 bridgehead atoms. The second-order valence-electron chi connectivity index (χ2n) is 6.29. The normalized spacial score (nSPS) is 23.4. The third-order valence-electron chi connectivity index (χ3n) is 4.75. The predicted octanol–water partition coefficient (Wildman–Crippen LogP) is 0.852. The van der Waals surface area contributed by atoms with Crippen molar-refractivity contribution in [1.82, 2.24) is 9.80 Å². The minimum absolute atomic E-state index is 0.164. The van der Waals surface area contributed by atoms with E-state index in [1.54, 1.807) is 31.2 Å². The Bertz CT molecular complexity index is 694. The Hall–Kier alpha value is -2.70. The fourth-order valence-electron chi connectivity index (χ4n) is 3.36. The van der Waals surface area contributed by atoms with E-state index in [1.165, 1.54) is 4.90 Å². The van der Waals surface area contributed by atoms with Gasteiger partial charge in [0.15, 0.2) is 0 Å². The maximum atomic E-state index is 12.5. The summed E-state index contributed by atoms with van der Waals surface area (Å²) in [7, 11) is 0. The minimum Gasteiger partial charge on any atom is -0.481 e. The Morgan fingerprint density at radius 1 is 1.17 bits per heavy atom. The number of hydrogen-bond acceptors (Lipinski definition) is 4. The fraction of sp³-hybridized carbons (Fsp3) is 0.412. The van der Waals surface area contributed by atoms with Crippen LogP contribution in [0.2, 0.25) is 0 Å². The van der Waals surface area contributed by atoms with Gasteiger partial charge in [-0.1, -0.05) is 19.1 Å². The number of carboxylic acid groups (broad SMARTS) is 1. The topological polar surface area (TPSA) is 95.0 Å². The van der Waals surface area contributed by atoms with Crippen molar-refractivity contribution < 1.29 is 24.3 Å². The van der Waals surface area contributed by atoms with Gasteiger partial charge in [-0.2, -0.15) is 0 Å². The maximum absolute atomic E-state index is 12.5. The number of rotatable bonds is 3. The Balaban J connectivity index is 1.68. The number of imide groups is 1. The number of carbonyl (C=O) groups is 4. The molecule has 0 aromatic heterocycles. The van der Waals surface area contributed by atoms with Crippen LogP contribution in [0.25, 0.3) is 0 Å². The van der Waals surface area contributed by atoms with Crippen LogP contribution in [0, 0.1) is 11.8 Å². The molecular formula is C17H18N2O5. The number of carbonyl (C=O) groups excluding carboxylic acids is 3. The summed E-state index contributed by atoms with van der Waals surface area (Å²) in [6.45, 7) is 2.12. The first-order valence-corrected chi connectivity index (χ1v) is 7.86. The highest BCUT2D eigenvalue weighted by Gasteiger charge is 2.38. The third-order valence-corrected chi connectivity index (χ3v) is 4.75. The van der Waals surface area contributed by atoms with Crippen molar-refractivity contribution in [2.24, 2.45) is 11.8 Å². The van der Waals surface area contributed by atoms with Crippen LogP contribution in [0.4, 0.5) is 0 Å². The predicted molar refractivity (Wildman–Crippen MR) is 83.3 cm³/mol. The van der Waals surface area contributed by atoms with Gasteiger partial charge < -0.3 is 10.0 Å². The Morgan fingerprint density at radius 3 is 2.25 bits per heavy atom. The van der Waals surface area contributed by atoms with Gasteiger partial charge in [0.25, 0.3) is 11.8 Å². The lowest BCUT2D eigenvalue weighted by molar-refractivity contribution is -0.148. The molecular weight excluding hydrogens is 312 g/mol. The van der Waals surface area contributed by atoms with Crippen LogP contribution in [-0.2, 0) is 9.59 Å². The molecule has 126 valence electrons. The summed E-state index contributed by atoms with van der Waals surface area (Å²) >= 11 is 0. The molecule has 3 amide bonds. The summed E-state index contributed by atoms with van der Waals surface area (Å²) in [4.78, 5) is 50.7. The van der Waals surface area contributed by atoms with E-state index in [1.807, 2.05) is 0 Å². The van der Waals surface area contributed by atoms with Crippen LogP contribution in [0.15, 0.2) is 24.3 Å². The molecule has 2 heterocycles. The number of hydrogen-bond donors (Lipinski definition) is 1. The monoisotopic (exact) mass is 330 g/mol. The molecule has 7 heteroatoms. The molecule has 1 aromatic rings. The largest absolute Gasteiger partial charge is 0.481 e. The third kappa shape index (κ3) is 2.66. The van der Waals surface area contributed by atoms with Gasteiger partial charge in [-0.15, -0.1) is 0 Å². The highest BCUT2D eigenvalue weighted by molar-refractivity contribution is 6.22. The Kier molecular flexibility index (Phi) is 4.09. The number of carboxylic acids is 1. The van der Waals surface area contributed by atoms with Crippen LogP contribution in [0.1, 0.15) is 34.1 Å². The molecule has 2 atom stereocenters. The molecule has 0 aliphatic carbocycles. The average Bonchev–Trinajstić information content (AvgIpc) is 2.80. The number of aliphatic carboxylic acids is 1. The van der Waals surface area contributed by atoms with E-state index < -0.39 is 23.7 Å². The summed E-state index contributed by atoms with van der Waals surface area (Å²) in [5, 5.41) is 9.13. The zero-order valence-corrected chi connectivity index (χ0v) is 13.3. The van der Waals surface area contributed by atoms with Gasteiger partial charge in [0.2, 0.25) is 5.91 Å². The lowest BCUT2D eigenvalue weighted by atomic mass is 9.87. The molecule has 0 spiro atoms. The first-order chi connectivity index (χ1) is 11.4. The van der Waals surface area contributed by atoms with Crippen molar-refractivity contribution in [3.05, 3.63) is 35.4 Å². The molecule has 24 heavy (non-hydrogen) atoms. The highest BCUT2D eigenvalue weighted by Crippen LogP contribution is 2.25. The van der Waals surface area contributed by atoms with E-state index in [0.29, 0.717) is 30.6 Å². The number of piperidine rings is 1. The molecule has 1 aromatic carbocycles. The van der Waals surface area contributed by atoms with E-state index in [4.69, 9.17) is 5.11 Å². The summed E-state index contributed by atoms with van der Waals surface area (Å²) in [6.07, 6.45) is 0.379. The molecule has 2 unspecified atom stereocenters. The van der Waals surface area contributed by atoms with Gasteiger partial charge in [0, 0.05) is 13.1 Å². The van der Waals surface area contributed by atoms with Crippen LogP contribution < -0.4 is 0 Å². The molecule has 1 fully saturated rings. The van der Waals surface area contributed by atoms with Crippen molar-refractivity contribution in [3.8, 4) is 0 Å². The summed E-state index contributed by atoms with van der Waals surface area (Å²) in [5.41, 5.74) is 0.626. The molecule has 3 rings (SSSR count). The molecule has 0 saturated carbocycles. The van der Waals surface area contributed by atoms with Crippen LogP contribution in [0.3, 0.4) is 0 Å². The van der Waals surface area contributed by atoms with Crippen molar-refractivity contribution >= 4 is 23.7 Å². The van der Waals surface area contributed by atoms with E-state index in [2.05, 4.69) is 0 Å². The minimum atomic E-state index is -0.852. The van der Waals surface area contributed by atoms with Gasteiger partial charge in [-0.3, -0.25) is 24.1 Å². The number of benzene rings is 1. The first-order valence-electron chi connectivity index (χ1n) is 7.86. The molecule has 2 aliphatic rings. The first kappa shape index (κ1) is 16.2. The van der Waals surface area contributed by atoms with Crippen molar-refractivity contribution in [1.29, 1.82) is 0 Å². The van der Waals surface area contributed by atoms with Gasteiger partial charge in [-0.05, 0) is 24.5 Å². The zero-order chi connectivity index (χ0) is 17.4. The number of fused-ring (bicyclic) bond motifs is 1. The van der Waals surface area contributed by atoms with Crippen molar-refractivity contribution in [3.63, 3.8) is 0 Å². The summed E-state index contributed by atoms with van der Waals surface area (Å²) < 4.78 is 0. The molecule has 2 aliphatic heterocycles. The van der Waals surface area contributed by atoms with E-state index in [9.17, 15) is 19.2 Å². The van der Waals surface area contributed by atoms with Gasteiger partial charge >= 0.3 is 5.97 Å².